The summed E-state index contributed by atoms with van der Waals surface area (Å²) in [5, 5.41) is 0.629. The summed E-state index contributed by atoms with van der Waals surface area (Å²) in [7, 11) is 1.60. The lowest BCUT2D eigenvalue weighted by Gasteiger charge is -2.09. The molecule has 0 heterocycles. The Labute approximate surface area is 95.2 Å². The van der Waals surface area contributed by atoms with Gasteiger partial charge in [-0.3, -0.25) is 0 Å². The third-order valence-electron chi connectivity index (χ3n) is 2.38. The molecule has 0 unspecified atom stereocenters. The van der Waals surface area contributed by atoms with E-state index in [0.29, 0.717) is 17.2 Å². The van der Waals surface area contributed by atoms with Crippen LogP contribution < -0.4 is 4.74 Å². The molecule has 0 aromatic heterocycles. The predicted octanol–water partition coefficient (Wildman–Crippen LogP) is 3.18. The van der Waals surface area contributed by atoms with E-state index in [2.05, 4.69) is 0 Å². The van der Waals surface area contributed by atoms with Crippen LogP contribution in [-0.2, 0) is 11.2 Å². The number of halogens is 1. The number of rotatable bonds is 5. The maximum absolute atomic E-state index is 10.2. The molecule has 2 nitrogen and oxygen atoms in total. The Morgan fingerprint density at radius 1 is 1.47 bits per heavy atom. The monoisotopic (exact) mass is 226 g/mol. The van der Waals surface area contributed by atoms with Crippen molar-refractivity contribution in [3.05, 3.63) is 28.3 Å². The second kappa shape index (κ2) is 5.76. The van der Waals surface area contributed by atoms with Crippen LogP contribution in [-0.4, -0.2) is 13.4 Å². The first kappa shape index (κ1) is 12.1. The molecular formula is C12H15ClO2. The SMILES string of the molecule is COc1cc(C)c(CCCC=O)cc1Cl. The van der Waals surface area contributed by atoms with Crippen LogP contribution in [0.2, 0.25) is 5.02 Å². The van der Waals surface area contributed by atoms with E-state index < -0.39 is 0 Å². The zero-order chi connectivity index (χ0) is 11.3. The molecule has 0 saturated heterocycles. The van der Waals surface area contributed by atoms with E-state index in [4.69, 9.17) is 16.3 Å². The first-order chi connectivity index (χ1) is 7.19. The number of unbranched alkanes of at least 4 members (excludes halogenated alkanes) is 1. The van der Waals surface area contributed by atoms with Crippen LogP contribution in [0.15, 0.2) is 12.1 Å². The summed E-state index contributed by atoms with van der Waals surface area (Å²) in [6, 6.07) is 3.85. The van der Waals surface area contributed by atoms with Crippen LogP contribution in [0.1, 0.15) is 24.0 Å². The van der Waals surface area contributed by atoms with Gasteiger partial charge in [0.25, 0.3) is 0 Å². The molecule has 0 spiro atoms. The average molecular weight is 227 g/mol. The number of carbonyl (C=O) groups excluding carboxylic acids is 1. The Balaban J connectivity index is 2.80. The van der Waals surface area contributed by atoms with E-state index in [1.165, 1.54) is 5.56 Å². The van der Waals surface area contributed by atoms with E-state index in [-0.39, 0.29) is 0 Å². The fourth-order valence-electron chi connectivity index (χ4n) is 1.50. The van der Waals surface area contributed by atoms with E-state index in [0.717, 1.165) is 24.7 Å². The quantitative estimate of drug-likeness (QED) is 0.570. The third kappa shape index (κ3) is 3.24. The summed E-state index contributed by atoms with van der Waals surface area (Å²) in [6.45, 7) is 2.02. The highest BCUT2D eigenvalue weighted by Gasteiger charge is 2.05. The van der Waals surface area contributed by atoms with Gasteiger partial charge in [0, 0.05) is 6.42 Å². The van der Waals surface area contributed by atoms with Crippen molar-refractivity contribution in [2.24, 2.45) is 0 Å². The molecule has 15 heavy (non-hydrogen) atoms. The van der Waals surface area contributed by atoms with Gasteiger partial charge in [0.1, 0.15) is 12.0 Å². The minimum absolute atomic E-state index is 0.600. The van der Waals surface area contributed by atoms with Crippen molar-refractivity contribution in [3.8, 4) is 5.75 Å². The number of aryl methyl sites for hydroxylation is 2. The fraction of sp³-hybridized carbons (Fsp3) is 0.417. The molecule has 0 aliphatic rings. The van der Waals surface area contributed by atoms with E-state index >= 15 is 0 Å². The van der Waals surface area contributed by atoms with Gasteiger partial charge in [-0.05, 0) is 43.0 Å². The van der Waals surface area contributed by atoms with Crippen LogP contribution in [0.4, 0.5) is 0 Å². The second-order valence-electron chi connectivity index (χ2n) is 3.47. The molecular weight excluding hydrogens is 212 g/mol. The maximum Gasteiger partial charge on any atom is 0.137 e. The van der Waals surface area contributed by atoms with E-state index in [1.807, 2.05) is 19.1 Å². The average Bonchev–Trinajstić information content (AvgIpc) is 2.23. The van der Waals surface area contributed by atoms with Crippen molar-refractivity contribution < 1.29 is 9.53 Å². The van der Waals surface area contributed by atoms with Crippen molar-refractivity contribution >= 4 is 17.9 Å². The Morgan fingerprint density at radius 3 is 2.80 bits per heavy atom. The topological polar surface area (TPSA) is 26.3 Å². The van der Waals surface area contributed by atoms with E-state index in [1.54, 1.807) is 7.11 Å². The highest BCUT2D eigenvalue weighted by Crippen LogP contribution is 2.28. The molecule has 0 radical (unpaired) electrons. The number of methoxy groups -OCH3 is 1. The first-order valence-electron chi connectivity index (χ1n) is 4.95. The van der Waals surface area contributed by atoms with Gasteiger partial charge in [0.15, 0.2) is 0 Å². The number of carbonyl (C=O) groups is 1. The van der Waals surface area contributed by atoms with Gasteiger partial charge in [0.2, 0.25) is 0 Å². The summed E-state index contributed by atoms with van der Waals surface area (Å²) >= 11 is 6.02. The Bertz CT molecular complexity index is 348. The van der Waals surface area contributed by atoms with Crippen LogP contribution in [0.25, 0.3) is 0 Å². The van der Waals surface area contributed by atoms with Crippen molar-refractivity contribution in [2.45, 2.75) is 26.2 Å². The standard InChI is InChI=1S/C12H15ClO2/c1-9-7-12(15-2)11(13)8-10(9)5-3-4-6-14/h6-8H,3-5H2,1-2H3. The smallest absolute Gasteiger partial charge is 0.137 e. The molecule has 3 heteroatoms. The normalized spacial score (nSPS) is 10.1. The third-order valence-corrected chi connectivity index (χ3v) is 2.67. The molecule has 0 aliphatic carbocycles. The lowest BCUT2D eigenvalue weighted by atomic mass is 10.0. The molecule has 0 atom stereocenters. The van der Waals surface area contributed by atoms with Crippen LogP contribution in [0.5, 0.6) is 5.75 Å². The van der Waals surface area contributed by atoms with Gasteiger partial charge in [-0.15, -0.1) is 0 Å². The molecule has 0 saturated carbocycles. The molecule has 0 bridgehead atoms. The van der Waals surface area contributed by atoms with Gasteiger partial charge in [-0.1, -0.05) is 11.6 Å². The lowest BCUT2D eigenvalue weighted by Crippen LogP contribution is -1.93. The van der Waals surface area contributed by atoms with Gasteiger partial charge in [0.05, 0.1) is 12.1 Å². The number of aldehydes is 1. The lowest BCUT2D eigenvalue weighted by molar-refractivity contribution is -0.107. The van der Waals surface area contributed by atoms with Crippen LogP contribution in [0, 0.1) is 6.92 Å². The summed E-state index contributed by atoms with van der Waals surface area (Å²) < 4.78 is 5.12. The van der Waals surface area contributed by atoms with Crippen molar-refractivity contribution in [3.63, 3.8) is 0 Å². The minimum atomic E-state index is 0.600. The first-order valence-corrected chi connectivity index (χ1v) is 5.33. The number of hydrogen-bond donors (Lipinski definition) is 0. The summed E-state index contributed by atoms with van der Waals surface area (Å²) in [4.78, 5) is 10.2. The van der Waals surface area contributed by atoms with Gasteiger partial charge < -0.3 is 9.53 Å². The highest BCUT2D eigenvalue weighted by molar-refractivity contribution is 6.32. The van der Waals surface area contributed by atoms with Crippen LogP contribution >= 0.6 is 11.6 Å². The fourth-order valence-corrected chi connectivity index (χ4v) is 1.76. The Morgan fingerprint density at radius 2 is 2.20 bits per heavy atom. The van der Waals surface area contributed by atoms with Gasteiger partial charge in [-0.2, -0.15) is 0 Å². The molecule has 0 N–H and O–H groups in total. The summed E-state index contributed by atoms with van der Waals surface area (Å²) in [5.41, 5.74) is 2.34. The molecule has 0 fully saturated rings. The van der Waals surface area contributed by atoms with Crippen molar-refractivity contribution in [1.82, 2.24) is 0 Å². The van der Waals surface area contributed by atoms with Crippen molar-refractivity contribution in [2.75, 3.05) is 7.11 Å². The largest absolute Gasteiger partial charge is 0.495 e. The summed E-state index contributed by atoms with van der Waals surface area (Å²) in [5.74, 6) is 0.702. The van der Waals surface area contributed by atoms with Crippen LogP contribution in [0.3, 0.4) is 0 Å². The number of hydrogen-bond acceptors (Lipinski definition) is 2. The molecule has 82 valence electrons. The molecule has 0 aliphatic heterocycles. The molecule has 1 aromatic carbocycles. The second-order valence-corrected chi connectivity index (χ2v) is 3.88. The Hall–Kier alpha value is -1.02. The van der Waals surface area contributed by atoms with Gasteiger partial charge in [-0.25, -0.2) is 0 Å². The number of ether oxygens (including phenoxy) is 1. The van der Waals surface area contributed by atoms with E-state index in [9.17, 15) is 4.79 Å². The highest BCUT2D eigenvalue weighted by atomic mass is 35.5. The minimum Gasteiger partial charge on any atom is -0.495 e. The molecule has 1 rings (SSSR count). The van der Waals surface area contributed by atoms with Crippen molar-refractivity contribution in [1.29, 1.82) is 0 Å². The molecule has 1 aromatic rings. The zero-order valence-electron chi connectivity index (χ0n) is 9.05. The van der Waals surface area contributed by atoms with Gasteiger partial charge >= 0.3 is 0 Å². The molecule has 0 amide bonds. The predicted molar refractivity (Wildman–Crippen MR) is 61.7 cm³/mol. The maximum atomic E-state index is 10.2. The zero-order valence-corrected chi connectivity index (χ0v) is 9.80. The summed E-state index contributed by atoms with van der Waals surface area (Å²) in [6.07, 6.45) is 3.30. The number of benzene rings is 1. The Kier molecular flexibility index (Phi) is 4.63.